The van der Waals surface area contributed by atoms with E-state index in [1.807, 2.05) is 48.3 Å². The molecule has 144 valence electrons. The Balaban J connectivity index is 1.38. The predicted octanol–water partition coefficient (Wildman–Crippen LogP) is 5.58. The van der Waals surface area contributed by atoms with E-state index in [0.717, 1.165) is 33.7 Å². The lowest BCUT2D eigenvalue weighted by atomic mass is 10.2. The van der Waals surface area contributed by atoms with Gasteiger partial charge in [0.15, 0.2) is 0 Å². The lowest BCUT2D eigenvalue weighted by Gasteiger charge is -2.10. The fourth-order valence-corrected chi connectivity index (χ4v) is 4.48. The van der Waals surface area contributed by atoms with Crippen LogP contribution in [0.25, 0.3) is 0 Å². The number of thioether (sulfide) groups is 1. The first-order valence-electron chi connectivity index (χ1n) is 9.42. The van der Waals surface area contributed by atoms with E-state index in [-0.39, 0.29) is 6.04 Å². The Morgan fingerprint density at radius 1 is 1.14 bits per heavy atom. The zero-order valence-corrected chi connectivity index (χ0v) is 17.4. The van der Waals surface area contributed by atoms with E-state index in [1.54, 1.807) is 0 Å². The number of hydrogen-bond acceptors (Lipinski definition) is 3. The van der Waals surface area contributed by atoms with Crippen molar-refractivity contribution in [3.8, 4) is 0 Å². The summed E-state index contributed by atoms with van der Waals surface area (Å²) in [6.07, 6.45) is 2.05. The van der Waals surface area contributed by atoms with Gasteiger partial charge in [-0.05, 0) is 36.2 Å². The molecule has 0 saturated heterocycles. The summed E-state index contributed by atoms with van der Waals surface area (Å²) in [5.74, 6) is 2.70. The van der Waals surface area contributed by atoms with Crippen molar-refractivity contribution >= 4 is 29.3 Å². The summed E-state index contributed by atoms with van der Waals surface area (Å²) >= 11 is 8.23. The molecule has 1 aromatic heterocycles. The summed E-state index contributed by atoms with van der Waals surface area (Å²) in [7, 11) is 0. The highest BCUT2D eigenvalue weighted by atomic mass is 35.5. The lowest BCUT2D eigenvalue weighted by molar-refractivity contribution is 0.323. The molecule has 0 N–H and O–H groups in total. The number of aryl methyl sites for hydroxylation is 1. The summed E-state index contributed by atoms with van der Waals surface area (Å²) in [5.41, 5.74) is 4.76. The van der Waals surface area contributed by atoms with E-state index in [1.165, 1.54) is 11.1 Å². The van der Waals surface area contributed by atoms with Crippen LogP contribution in [-0.2, 0) is 17.0 Å². The van der Waals surface area contributed by atoms with Crippen LogP contribution in [0.15, 0.2) is 71.9 Å². The van der Waals surface area contributed by atoms with Crippen molar-refractivity contribution in [2.75, 3.05) is 12.4 Å². The molecular formula is C23H23ClN2OS. The third kappa shape index (κ3) is 4.62. The summed E-state index contributed by atoms with van der Waals surface area (Å²) in [5, 5.41) is 0.779. The Bertz CT molecular complexity index is 982. The topological polar surface area (TPSA) is 26.5 Å². The molecule has 0 fully saturated rings. The molecule has 1 aliphatic rings. The van der Waals surface area contributed by atoms with Gasteiger partial charge in [-0.1, -0.05) is 59.6 Å². The Morgan fingerprint density at radius 2 is 2.04 bits per heavy atom. The van der Waals surface area contributed by atoms with Crippen LogP contribution in [0.5, 0.6) is 0 Å². The van der Waals surface area contributed by atoms with E-state index in [4.69, 9.17) is 21.3 Å². The van der Waals surface area contributed by atoms with E-state index < -0.39 is 0 Å². The van der Waals surface area contributed by atoms with Crippen LogP contribution in [0.2, 0.25) is 5.02 Å². The van der Waals surface area contributed by atoms with Gasteiger partial charge in [0.1, 0.15) is 12.3 Å². The van der Waals surface area contributed by atoms with Crippen molar-refractivity contribution in [1.29, 1.82) is 0 Å². The summed E-state index contributed by atoms with van der Waals surface area (Å²) < 4.78 is 8.06. The first-order chi connectivity index (χ1) is 13.7. The average molecular weight is 411 g/mol. The zero-order chi connectivity index (χ0) is 19.3. The number of hydrogen-bond donors (Lipinski definition) is 0. The quantitative estimate of drug-likeness (QED) is 0.508. The molecule has 0 saturated carbocycles. The van der Waals surface area contributed by atoms with Gasteiger partial charge < -0.3 is 9.30 Å². The number of aromatic nitrogens is 1. The highest BCUT2D eigenvalue weighted by molar-refractivity contribution is 7.98. The molecule has 28 heavy (non-hydrogen) atoms. The maximum Gasteiger partial charge on any atom is 0.233 e. The number of halogens is 1. The smallest absolute Gasteiger partial charge is 0.233 e. The van der Waals surface area contributed by atoms with Gasteiger partial charge in [-0.3, -0.25) is 0 Å². The Morgan fingerprint density at radius 3 is 2.89 bits per heavy atom. The molecule has 0 bridgehead atoms. The number of nitrogens with zero attached hydrogens (tertiary/aromatic N) is 2. The molecule has 1 aliphatic heterocycles. The molecule has 0 spiro atoms. The normalized spacial score (nSPS) is 16.1. The summed E-state index contributed by atoms with van der Waals surface area (Å²) in [6, 6.07) is 20.9. The van der Waals surface area contributed by atoms with E-state index >= 15 is 0 Å². The lowest BCUT2D eigenvalue weighted by Crippen LogP contribution is -2.11. The van der Waals surface area contributed by atoms with Crippen molar-refractivity contribution in [1.82, 2.24) is 4.57 Å². The highest BCUT2D eigenvalue weighted by Gasteiger charge is 2.22. The first-order valence-corrected chi connectivity index (χ1v) is 10.9. The van der Waals surface area contributed by atoms with Gasteiger partial charge in [-0.2, -0.15) is 11.8 Å². The average Bonchev–Trinajstić information content (AvgIpc) is 3.33. The standard InChI is InChI=1S/C23H23ClN2OS/c1-17-6-4-7-18(12-17)15-28-16-20-14-27-23(25-20)22-10-5-11-26(22)13-19-8-2-3-9-21(19)24/h2-12,20H,13-16H2,1H3. The van der Waals surface area contributed by atoms with Crippen molar-refractivity contribution in [3.63, 3.8) is 0 Å². The molecule has 0 aliphatic carbocycles. The second-order valence-electron chi connectivity index (χ2n) is 7.02. The predicted molar refractivity (Wildman–Crippen MR) is 119 cm³/mol. The van der Waals surface area contributed by atoms with Crippen LogP contribution in [0.3, 0.4) is 0 Å². The van der Waals surface area contributed by atoms with Crippen molar-refractivity contribution < 1.29 is 4.74 Å². The highest BCUT2D eigenvalue weighted by Crippen LogP contribution is 2.21. The molecule has 0 radical (unpaired) electrons. The van der Waals surface area contributed by atoms with Crippen LogP contribution >= 0.6 is 23.4 Å². The number of benzene rings is 2. The minimum absolute atomic E-state index is 0.202. The zero-order valence-electron chi connectivity index (χ0n) is 15.8. The van der Waals surface area contributed by atoms with Gasteiger partial charge in [0.05, 0.1) is 6.04 Å². The number of ether oxygens (including phenoxy) is 1. The number of rotatable bonds is 7. The van der Waals surface area contributed by atoms with Gasteiger partial charge in [0.25, 0.3) is 0 Å². The van der Waals surface area contributed by atoms with Crippen LogP contribution < -0.4 is 0 Å². The minimum atomic E-state index is 0.202. The third-order valence-electron chi connectivity index (χ3n) is 4.72. The number of aliphatic imine (C=N–C) groups is 1. The molecule has 0 amide bonds. The van der Waals surface area contributed by atoms with Gasteiger partial charge in [-0.15, -0.1) is 0 Å². The van der Waals surface area contributed by atoms with Crippen LogP contribution in [0, 0.1) is 6.92 Å². The molecular weight excluding hydrogens is 388 g/mol. The van der Waals surface area contributed by atoms with E-state index in [0.29, 0.717) is 13.2 Å². The summed E-state index contributed by atoms with van der Waals surface area (Å²) in [6.45, 7) is 3.48. The molecule has 2 aromatic carbocycles. The minimum Gasteiger partial charge on any atom is -0.474 e. The van der Waals surface area contributed by atoms with Gasteiger partial charge in [-0.25, -0.2) is 4.99 Å². The fourth-order valence-electron chi connectivity index (χ4n) is 3.31. The molecule has 1 atom stereocenters. The molecule has 2 heterocycles. The van der Waals surface area contributed by atoms with Crippen LogP contribution in [0.4, 0.5) is 0 Å². The van der Waals surface area contributed by atoms with Crippen molar-refractivity contribution in [3.05, 3.63) is 94.3 Å². The third-order valence-corrected chi connectivity index (χ3v) is 6.25. The Labute approximate surface area is 175 Å². The SMILES string of the molecule is Cc1cccc(CSCC2COC(c3cccn3Cc3ccccc3Cl)=N2)c1. The Hall–Kier alpha value is -2.17. The molecule has 4 rings (SSSR count). The first kappa shape index (κ1) is 19.2. The maximum atomic E-state index is 6.32. The second kappa shape index (κ2) is 8.89. The molecule has 5 heteroatoms. The molecule has 3 aromatic rings. The van der Waals surface area contributed by atoms with Crippen LogP contribution in [-0.4, -0.2) is 28.9 Å². The van der Waals surface area contributed by atoms with Crippen LogP contribution in [0.1, 0.15) is 22.4 Å². The van der Waals surface area contributed by atoms with Crippen molar-refractivity contribution in [2.24, 2.45) is 4.99 Å². The maximum absolute atomic E-state index is 6.32. The van der Waals surface area contributed by atoms with Crippen molar-refractivity contribution in [2.45, 2.75) is 25.3 Å². The van der Waals surface area contributed by atoms with Gasteiger partial charge in [0, 0.05) is 29.3 Å². The van der Waals surface area contributed by atoms with E-state index in [9.17, 15) is 0 Å². The van der Waals surface area contributed by atoms with Gasteiger partial charge in [0.2, 0.25) is 5.90 Å². The summed E-state index contributed by atoms with van der Waals surface area (Å²) in [4.78, 5) is 4.82. The second-order valence-corrected chi connectivity index (χ2v) is 8.45. The molecule has 1 unspecified atom stereocenters. The fraction of sp³-hybridized carbons (Fsp3) is 0.261. The van der Waals surface area contributed by atoms with Gasteiger partial charge >= 0.3 is 0 Å². The Kier molecular flexibility index (Phi) is 6.08. The largest absolute Gasteiger partial charge is 0.474 e. The van der Waals surface area contributed by atoms with E-state index in [2.05, 4.69) is 41.8 Å². The molecule has 3 nitrogen and oxygen atoms in total. The monoisotopic (exact) mass is 410 g/mol.